The fraction of sp³-hybridized carbons (Fsp3) is 0.100. The monoisotopic (exact) mass is 361 g/mol. The minimum absolute atomic E-state index is 0.0296. The van der Waals surface area contributed by atoms with Crippen molar-refractivity contribution in [2.45, 2.75) is 11.4 Å². The molecule has 26 heavy (non-hydrogen) atoms. The summed E-state index contributed by atoms with van der Waals surface area (Å²) in [5, 5.41) is 5.82. The standard InChI is InChI=1S/C20H15N3O2S/c1-26(25)13-4-2-3-11(7-13)16-8-15-12(9-21-16)5-6-14-18-17(23-19(14)15)10-22-20(18)24/h2-9,23H,10H2,1H3,(H,22,24). The van der Waals surface area contributed by atoms with Crippen LogP contribution >= 0.6 is 0 Å². The third-order valence-corrected chi connectivity index (χ3v) is 5.78. The Labute approximate surface area is 151 Å². The van der Waals surface area contributed by atoms with Gasteiger partial charge in [-0.15, -0.1) is 0 Å². The number of hydrogen-bond acceptors (Lipinski definition) is 3. The lowest BCUT2D eigenvalue weighted by molar-refractivity contribution is 0.0967. The number of rotatable bonds is 2. The quantitative estimate of drug-likeness (QED) is 0.575. The smallest absolute Gasteiger partial charge is 0.254 e. The molecule has 2 N–H and O–H groups in total. The summed E-state index contributed by atoms with van der Waals surface area (Å²) < 4.78 is 11.8. The molecule has 5 rings (SSSR count). The highest BCUT2D eigenvalue weighted by Gasteiger charge is 2.24. The Bertz CT molecular complexity index is 1240. The van der Waals surface area contributed by atoms with Crippen molar-refractivity contribution in [3.63, 3.8) is 0 Å². The van der Waals surface area contributed by atoms with Crippen molar-refractivity contribution in [1.82, 2.24) is 15.3 Å². The number of nitrogens with zero attached hydrogens (tertiary/aromatic N) is 1. The zero-order chi connectivity index (χ0) is 17.8. The average molecular weight is 361 g/mol. The van der Waals surface area contributed by atoms with Crippen LogP contribution in [0.1, 0.15) is 16.1 Å². The number of aromatic amines is 1. The van der Waals surface area contributed by atoms with Crippen LogP contribution in [0.25, 0.3) is 32.9 Å². The molecular weight excluding hydrogens is 346 g/mol. The molecule has 3 heterocycles. The van der Waals surface area contributed by atoms with Crippen LogP contribution in [0, 0.1) is 0 Å². The Balaban J connectivity index is 1.75. The maximum absolute atomic E-state index is 12.1. The lowest BCUT2D eigenvalue weighted by Gasteiger charge is -2.06. The number of pyridine rings is 1. The van der Waals surface area contributed by atoms with Gasteiger partial charge in [0.2, 0.25) is 0 Å². The van der Waals surface area contributed by atoms with Gasteiger partial charge in [0.25, 0.3) is 5.91 Å². The van der Waals surface area contributed by atoms with Crippen molar-refractivity contribution in [2.75, 3.05) is 6.26 Å². The molecule has 0 fully saturated rings. The van der Waals surface area contributed by atoms with Crippen LogP contribution in [-0.4, -0.2) is 26.3 Å². The Morgan fingerprint density at radius 1 is 1.12 bits per heavy atom. The summed E-state index contributed by atoms with van der Waals surface area (Å²) in [6.45, 7) is 0.534. The van der Waals surface area contributed by atoms with E-state index in [4.69, 9.17) is 0 Å². The van der Waals surface area contributed by atoms with Gasteiger partial charge in [-0.25, -0.2) is 0 Å². The highest BCUT2D eigenvalue weighted by molar-refractivity contribution is 7.84. The van der Waals surface area contributed by atoms with E-state index in [1.165, 1.54) is 0 Å². The summed E-state index contributed by atoms with van der Waals surface area (Å²) in [6.07, 6.45) is 3.51. The van der Waals surface area contributed by atoms with Crippen LogP contribution < -0.4 is 5.32 Å². The Morgan fingerprint density at radius 3 is 2.85 bits per heavy atom. The highest BCUT2D eigenvalue weighted by atomic mass is 32.2. The van der Waals surface area contributed by atoms with Gasteiger partial charge in [0.15, 0.2) is 0 Å². The summed E-state index contributed by atoms with van der Waals surface area (Å²) in [5.41, 5.74) is 4.37. The minimum Gasteiger partial charge on any atom is -0.356 e. The molecule has 2 aromatic heterocycles. The van der Waals surface area contributed by atoms with Gasteiger partial charge in [-0.1, -0.05) is 24.3 Å². The van der Waals surface area contributed by atoms with Crippen molar-refractivity contribution in [3.05, 3.63) is 59.9 Å². The first kappa shape index (κ1) is 15.3. The second-order valence-electron chi connectivity index (χ2n) is 6.42. The summed E-state index contributed by atoms with van der Waals surface area (Å²) >= 11 is 0. The molecule has 5 nitrogen and oxygen atoms in total. The van der Waals surface area contributed by atoms with Crippen molar-refractivity contribution < 1.29 is 9.00 Å². The summed E-state index contributed by atoms with van der Waals surface area (Å²) in [6, 6.07) is 13.6. The SMILES string of the molecule is CS(=O)c1cccc(-c2cc3c(ccc4c5c([nH]c43)CNC5=O)cn2)c1. The number of carbonyl (C=O) groups excluding carboxylic acids is 1. The molecule has 1 unspecified atom stereocenters. The van der Waals surface area contributed by atoms with Gasteiger partial charge in [-0.2, -0.15) is 0 Å². The van der Waals surface area contributed by atoms with Crippen molar-refractivity contribution in [1.29, 1.82) is 0 Å². The largest absolute Gasteiger partial charge is 0.356 e. The Kier molecular flexibility index (Phi) is 3.24. The Morgan fingerprint density at radius 2 is 2.00 bits per heavy atom. The molecule has 6 heteroatoms. The van der Waals surface area contributed by atoms with Gasteiger partial charge in [0.1, 0.15) is 0 Å². The normalized spacial score (nSPS) is 14.6. The molecule has 1 aliphatic heterocycles. The number of H-pyrrole nitrogens is 1. The molecule has 0 saturated carbocycles. The fourth-order valence-corrected chi connectivity index (χ4v) is 4.14. The number of amides is 1. The lowest BCUT2D eigenvalue weighted by atomic mass is 10.0. The lowest BCUT2D eigenvalue weighted by Crippen LogP contribution is -2.13. The van der Waals surface area contributed by atoms with Gasteiger partial charge < -0.3 is 10.3 Å². The molecule has 128 valence electrons. The van der Waals surface area contributed by atoms with Crippen molar-refractivity contribution in [2.24, 2.45) is 0 Å². The van der Waals surface area contributed by atoms with Crippen LogP contribution in [0.3, 0.4) is 0 Å². The number of carbonyl (C=O) groups is 1. The highest BCUT2D eigenvalue weighted by Crippen LogP contribution is 2.33. The van der Waals surface area contributed by atoms with Crippen LogP contribution in [0.5, 0.6) is 0 Å². The van der Waals surface area contributed by atoms with E-state index in [9.17, 15) is 9.00 Å². The molecule has 0 spiro atoms. The molecule has 0 aliphatic carbocycles. The van der Waals surface area contributed by atoms with E-state index in [1.54, 1.807) is 6.26 Å². The van der Waals surface area contributed by atoms with E-state index in [1.807, 2.05) is 48.7 Å². The van der Waals surface area contributed by atoms with Crippen LogP contribution in [-0.2, 0) is 17.3 Å². The number of aromatic nitrogens is 2. The second kappa shape index (κ2) is 5.51. The third-order valence-electron chi connectivity index (χ3n) is 4.86. The van der Waals surface area contributed by atoms with E-state index in [-0.39, 0.29) is 5.91 Å². The molecule has 1 aliphatic rings. The zero-order valence-electron chi connectivity index (χ0n) is 14.0. The van der Waals surface area contributed by atoms with E-state index in [0.717, 1.165) is 49.1 Å². The fourth-order valence-electron chi connectivity index (χ4n) is 3.58. The van der Waals surface area contributed by atoms with Crippen LogP contribution in [0.15, 0.2) is 53.6 Å². The molecule has 4 aromatic rings. The molecule has 0 bridgehead atoms. The molecule has 0 radical (unpaired) electrons. The van der Waals surface area contributed by atoms with Gasteiger partial charge in [-0.3, -0.25) is 14.0 Å². The van der Waals surface area contributed by atoms with Gasteiger partial charge >= 0.3 is 0 Å². The Hall–Kier alpha value is -2.99. The van der Waals surface area contributed by atoms with Crippen LogP contribution in [0.4, 0.5) is 0 Å². The van der Waals surface area contributed by atoms with Gasteiger partial charge in [-0.05, 0) is 18.2 Å². The molecule has 1 amide bonds. The maximum atomic E-state index is 12.1. The number of hydrogen-bond donors (Lipinski definition) is 2. The van der Waals surface area contributed by atoms with E-state index in [2.05, 4.69) is 15.3 Å². The second-order valence-corrected chi connectivity index (χ2v) is 7.80. The minimum atomic E-state index is -1.04. The van der Waals surface area contributed by atoms with E-state index >= 15 is 0 Å². The van der Waals surface area contributed by atoms with E-state index < -0.39 is 10.8 Å². The number of benzene rings is 2. The maximum Gasteiger partial charge on any atom is 0.254 e. The molecule has 0 saturated heterocycles. The summed E-state index contributed by atoms with van der Waals surface area (Å²) in [4.78, 5) is 20.8. The first-order valence-electron chi connectivity index (χ1n) is 8.27. The molecule has 2 aromatic carbocycles. The first-order chi connectivity index (χ1) is 12.6. The summed E-state index contributed by atoms with van der Waals surface area (Å²) in [7, 11) is -1.04. The molecular formula is C20H15N3O2S. The van der Waals surface area contributed by atoms with Gasteiger partial charge in [0.05, 0.1) is 23.3 Å². The summed E-state index contributed by atoms with van der Waals surface area (Å²) in [5.74, 6) is -0.0296. The third kappa shape index (κ3) is 2.19. The van der Waals surface area contributed by atoms with Gasteiger partial charge in [0, 0.05) is 55.6 Å². The van der Waals surface area contributed by atoms with Crippen LogP contribution in [0.2, 0.25) is 0 Å². The van der Waals surface area contributed by atoms with Crippen molar-refractivity contribution >= 4 is 38.4 Å². The molecule has 1 atom stereocenters. The average Bonchev–Trinajstić information content (AvgIpc) is 3.21. The van der Waals surface area contributed by atoms with Crippen molar-refractivity contribution in [3.8, 4) is 11.3 Å². The topological polar surface area (TPSA) is 74.8 Å². The number of nitrogens with one attached hydrogen (secondary N) is 2. The number of fused-ring (bicyclic) bond motifs is 5. The predicted molar refractivity (Wildman–Crippen MR) is 103 cm³/mol. The predicted octanol–water partition coefficient (Wildman–Crippen LogP) is 3.36. The zero-order valence-corrected chi connectivity index (χ0v) is 14.8. The first-order valence-corrected chi connectivity index (χ1v) is 9.83. The van der Waals surface area contributed by atoms with E-state index in [0.29, 0.717) is 6.54 Å².